The number of hydrogen-bond acceptors (Lipinski definition) is 4. The standard InChI is InChI=1S/C23H21F3N2O2S2/c1-22(2,3)15-10-8-14(9-11-15)12-18-20(30)28(21(31)32-18)13-19(29)27-17-7-5-4-6-16(17)23(24,25)26/h4-12H,13H2,1-3H3,(H,27,29)/b18-12-. The molecule has 0 unspecified atom stereocenters. The highest BCUT2D eigenvalue weighted by Gasteiger charge is 2.35. The molecule has 0 bridgehead atoms. The summed E-state index contributed by atoms with van der Waals surface area (Å²) in [7, 11) is 0. The highest BCUT2D eigenvalue weighted by molar-refractivity contribution is 8.26. The first kappa shape index (κ1) is 24.0. The van der Waals surface area contributed by atoms with E-state index >= 15 is 0 Å². The largest absolute Gasteiger partial charge is 0.418 e. The van der Waals surface area contributed by atoms with Crippen LogP contribution in [-0.4, -0.2) is 27.6 Å². The molecule has 1 fully saturated rings. The van der Waals surface area contributed by atoms with Crippen LogP contribution in [0.4, 0.5) is 18.9 Å². The van der Waals surface area contributed by atoms with Crippen LogP contribution in [0.15, 0.2) is 53.4 Å². The number of rotatable bonds is 4. The van der Waals surface area contributed by atoms with Crippen molar-refractivity contribution < 1.29 is 22.8 Å². The third-order valence-electron chi connectivity index (χ3n) is 4.76. The predicted octanol–water partition coefficient (Wildman–Crippen LogP) is 5.84. The summed E-state index contributed by atoms with van der Waals surface area (Å²) in [5, 5.41) is 2.23. The van der Waals surface area contributed by atoms with Crippen LogP contribution in [0, 0.1) is 0 Å². The second kappa shape index (κ2) is 9.07. The Kier molecular flexibility index (Phi) is 6.80. The smallest absolute Gasteiger partial charge is 0.324 e. The third-order valence-corrected chi connectivity index (χ3v) is 6.13. The van der Waals surface area contributed by atoms with Gasteiger partial charge in [0.05, 0.1) is 16.2 Å². The Morgan fingerprint density at radius 1 is 1.09 bits per heavy atom. The molecule has 0 spiro atoms. The Morgan fingerprint density at radius 3 is 2.31 bits per heavy atom. The van der Waals surface area contributed by atoms with Gasteiger partial charge in [0.25, 0.3) is 5.91 Å². The Morgan fingerprint density at radius 2 is 1.72 bits per heavy atom. The lowest BCUT2D eigenvalue weighted by Gasteiger charge is -2.18. The molecule has 0 aromatic heterocycles. The first-order valence-electron chi connectivity index (χ1n) is 9.68. The Hall–Kier alpha value is -2.65. The predicted molar refractivity (Wildman–Crippen MR) is 125 cm³/mol. The van der Waals surface area contributed by atoms with Crippen molar-refractivity contribution in [1.82, 2.24) is 4.90 Å². The number of carbonyl (C=O) groups is 2. The second-order valence-electron chi connectivity index (χ2n) is 8.23. The van der Waals surface area contributed by atoms with Crippen molar-refractivity contribution in [1.29, 1.82) is 0 Å². The average molecular weight is 479 g/mol. The maximum Gasteiger partial charge on any atom is 0.418 e. The minimum atomic E-state index is -4.61. The van der Waals surface area contributed by atoms with Crippen molar-refractivity contribution in [3.63, 3.8) is 0 Å². The minimum absolute atomic E-state index is 0.0000602. The number of hydrogen-bond donors (Lipinski definition) is 1. The molecule has 0 atom stereocenters. The highest BCUT2D eigenvalue weighted by Crippen LogP contribution is 2.35. The molecule has 1 saturated heterocycles. The zero-order valence-electron chi connectivity index (χ0n) is 17.6. The first-order valence-corrected chi connectivity index (χ1v) is 10.9. The summed E-state index contributed by atoms with van der Waals surface area (Å²) in [5.41, 5.74) is 0.627. The van der Waals surface area contributed by atoms with Crippen molar-refractivity contribution in [3.05, 3.63) is 70.1 Å². The fourth-order valence-electron chi connectivity index (χ4n) is 3.04. The third kappa shape index (κ3) is 5.58. The Balaban J connectivity index is 1.72. The summed E-state index contributed by atoms with van der Waals surface area (Å²) in [4.78, 5) is 26.6. The van der Waals surface area contributed by atoms with Crippen LogP contribution in [0.5, 0.6) is 0 Å². The molecular weight excluding hydrogens is 457 g/mol. The lowest BCUT2D eigenvalue weighted by atomic mass is 9.87. The van der Waals surface area contributed by atoms with E-state index in [1.165, 1.54) is 12.1 Å². The Bertz CT molecular complexity index is 1090. The maximum absolute atomic E-state index is 13.1. The molecule has 32 heavy (non-hydrogen) atoms. The van der Waals surface area contributed by atoms with E-state index in [-0.39, 0.29) is 15.4 Å². The number of thiocarbonyl (C=S) groups is 1. The minimum Gasteiger partial charge on any atom is -0.324 e. The SMILES string of the molecule is CC(C)(C)c1ccc(/C=C2\SC(=S)N(CC(=O)Nc3ccccc3C(F)(F)F)C2=O)cc1. The van der Waals surface area contributed by atoms with E-state index in [1.807, 2.05) is 24.3 Å². The molecular formula is C23H21F3N2O2S2. The van der Waals surface area contributed by atoms with Crippen LogP contribution in [0.25, 0.3) is 6.08 Å². The van der Waals surface area contributed by atoms with Gasteiger partial charge in [0, 0.05) is 0 Å². The van der Waals surface area contributed by atoms with E-state index in [0.29, 0.717) is 4.91 Å². The van der Waals surface area contributed by atoms with Crippen molar-refractivity contribution in [2.24, 2.45) is 0 Å². The number of halogens is 3. The topological polar surface area (TPSA) is 49.4 Å². The van der Waals surface area contributed by atoms with Gasteiger partial charge in [0.15, 0.2) is 0 Å². The molecule has 2 aromatic rings. The fourth-order valence-corrected chi connectivity index (χ4v) is 4.29. The monoisotopic (exact) mass is 478 g/mol. The summed E-state index contributed by atoms with van der Waals surface area (Å²) in [6.07, 6.45) is -2.93. The van der Waals surface area contributed by atoms with Crippen LogP contribution < -0.4 is 5.32 Å². The van der Waals surface area contributed by atoms with E-state index < -0.39 is 30.1 Å². The number of nitrogens with one attached hydrogen (secondary N) is 1. The van der Waals surface area contributed by atoms with E-state index in [2.05, 4.69) is 26.1 Å². The number of carbonyl (C=O) groups excluding carboxylic acids is 2. The van der Waals surface area contributed by atoms with Gasteiger partial charge in [-0.1, -0.05) is 81.1 Å². The molecule has 1 aliphatic rings. The lowest BCUT2D eigenvalue weighted by molar-refractivity contribution is -0.137. The zero-order chi connectivity index (χ0) is 23.7. The summed E-state index contributed by atoms with van der Waals surface area (Å²) in [6, 6.07) is 12.4. The van der Waals surface area contributed by atoms with Crippen molar-refractivity contribution in [2.45, 2.75) is 32.4 Å². The molecule has 0 saturated carbocycles. The van der Waals surface area contributed by atoms with Crippen molar-refractivity contribution in [2.75, 3.05) is 11.9 Å². The zero-order valence-corrected chi connectivity index (χ0v) is 19.3. The molecule has 4 nitrogen and oxygen atoms in total. The summed E-state index contributed by atoms with van der Waals surface area (Å²) < 4.78 is 39.6. The molecule has 0 radical (unpaired) electrons. The van der Waals surface area contributed by atoms with E-state index in [9.17, 15) is 22.8 Å². The van der Waals surface area contributed by atoms with Gasteiger partial charge in [-0.25, -0.2) is 0 Å². The van der Waals surface area contributed by atoms with Gasteiger partial charge in [-0.05, 0) is 34.8 Å². The molecule has 1 aliphatic heterocycles. The van der Waals surface area contributed by atoms with Gasteiger partial charge in [-0.3, -0.25) is 14.5 Å². The maximum atomic E-state index is 13.1. The first-order chi connectivity index (χ1) is 14.9. The highest BCUT2D eigenvalue weighted by atomic mass is 32.2. The van der Waals surface area contributed by atoms with E-state index in [1.54, 1.807) is 6.08 Å². The number of benzene rings is 2. The van der Waals surface area contributed by atoms with Crippen LogP contribution in [0.2, 0.25) is 0 Å². The summed E-state index contributed by atoms with van der Waals surface area (Å²) in [6.45, 7) is 5.83. The van der Waals surface area contributed by atoms with Crippen LogP contribution in [-0.2, 0) is 21.2 Å². The number of alkyl halides is 3. The number of nitrogens with zero attached hydrogens (tertiary/aromatic N) is 1. The number of para-hydroxylation sites is 1. The number of amides is 2. The quantitative estimate of drug-likeness (QED) is 0.443. The fraction of sp³-hybridized carbons (Fsp3) is 0.261. The molecule has 0 aliphatic carbocycles. The summed E-state index contributed by atoms with van der Waals surface area (Å²) in [5.74, 6) is -1.23. The van der Waals surface area contributed by atoms with Gasteiger partial charge < -0.3 is 5.32 Å². The number of thioether (sulfide) groups is 1. The lowest BCUT2D eigenvalue weighted by Crippen LogP contribution is -2.36. The molecule has 2 amide bonds. The molecule has 1 N–H and O–H groups in total. The second-order valence-corrected chi connectivity index (χ2v) is 9.91. The van der Waals surface area contributed by atoms with Crippen molar-refractivity contribution in [3.8, 4) is 0 Å². The molecule has 9 heteroatoms. The van der Waals surface area contributed by atoms with Crippen molar-refractivity contribution >= 4 is 51.9 Å². The molecule has 1 heterocycles. The molecule has 168 valence electrons. The van der Waals surface area contributed by atoms with Crippen LogP contribution >= 0.6 is 24.0 Å². The van der Waals surface area contributed by atoms with Gasteiger partial charge in [-0.2, -0.15) is 13.2 Å². The molecule has 2 aromatic carbocycles. The summed E-state index contributed by atoms with van der Waals surface area (Å²) >= 11 is 6.27. The average Bonchev–Trinajstić information content (AvgIpc) is 2.94. The van der Waals surface area contributed by atoms with Gasteiger partial charge in [0.2, 0.25) is 5.91 Å². The van der Waals surface area contributed by atoms with Crippen LogP contribution in [0.3, 0.4) is 0 Å². The van der Waals surface area contributed by atoms with Gasteiger partial charge in [-0.15, -0.1) is 0 Å². The van der Waals surface area contributed by atoms with E-state index in [4.69, 9.17) is 12.2 Å². The molecule has 3 rings (SSSR count). The number of anilines is 1. The van der Waals surface area contributed by atoms with Gasteiger partial charge in [0.1, 0.15) is 10.9 Å². The van der Waals surface area contributed by atoms with E-state index in [0.717, 1.165) is 39.9 Å². The van der Waals surface area contributed by atoms with Crippen LogP contribution in [0.1, 0.15) is 37.5 Å². The van der Waals surface area contributed by atoms with Gasteiger partial charge >= 0.3 is 6.18 Å². The Labute approximate surface area is 193 Å². The normalized spacial score (nSPS) is 16.1.